The maximum Gasteiger partial charge on any atom is 0.309 e. The van der Waals surface area contributed by atoms with Gasteiger partial charge in [0, 0.05) is 6.04 Å². The molecule has 2 N–H and O–H groups in total. The first kappa shape index (κ1) is 15.5. The number of rotatable bonds is 3. The van der Waals surface area contributed by atoms with E-state index in [2.05, 4.69) is 28.8 Å². The molecule has 0 radical (unpaired) electrons. The minimum atomic E-state index is -0.575. The van der Waals surface area contributed by atoms with E-state index in [-0.39, 0.29) is 12.1 Å². The van der Waals surface area contributed by atoms with Gasteiger partial charge in [0.15, 0.2) is 0 Å². The summed E-state index contributed by atoms with van der Waals surface area (Å²) < 4.78 is 0. The third-order valence-corrected chi connectivity index (χ3v) is 3.85. The number of benzene rings is 1. The van der Waals surface area contributed by atoms with E-state index in [1.54, 1.807) is 0 Å². The van der Waals surface area contributed by atoms with Crippen LogP contribution in [0.5, 0.6) is 0 Å². The van der Waals surface area contributed by atoms with Crippen LogP contribution in [0.2, 0.25) is 0 Å². The Labute approximate surface area is 126 Å². The van der Waals surface area contributed by atoms with Gasteiger partial charge in [-0.25, -0.2) is 0 Å². The van der Waals surface area contributed by atoms with Crippen LogP contribution in [0.3, 0.4) is 0 Å². The third-order valence-electron chi connectivity index (χ3n) is 3.85. The van der Waals surface area contributed by atoms with Crippen molar-refractivity contribution in [3.8, 4) is 0 Å². The highest BCUT2D eigenvalue weighted by Gasteiger charge is 2.18. The third kappa shape index (κ3) is 4.06. The second-order valence-corrected chi connectivity index (χ2v) is 6.06. The predicted octanol–water partition coefficient (Wildman–Crippen LogP) is 2.27. The Balaban J connectivity index is 2.01. The van der Waals surface area contributed by atoms with Crippen molar-refractivity contribution in [2.75, 3.05) is 0 Å². The zero-order valence-corrected chi connectivity index (χ0v) is 13.0. The van der Waals surface area contributed by atoms with Gasteiger partial charge < -0.3 is 10.6 Å². The SMILES string of the molecule is CC(C)NC(=O)C(=O)NC(C)c1ccc2c(c1)CCCC2. The quantitative estimate of drug-likeness (QED) is 0.838. The van der Waals surface area contributed by atoms with Crippen LogP contribution in [0.1, 0.15) is 56.3 Å². The van der Waals surface area contributed by atoms with Crippen molar-refractivity contribution >= 4 is 11.8 Å². The van der Waals surface area contributed by atoms with Crippen LogP contribution in [0, 0.1) is 0 Å². The zero-order chi connectivity index (χ0) is 15.4. The molecule has 0 aliphatic heterocycles. The topological polar surface area (TPSA) is 58.2 Å². The first-order valence-electron chi connectivity index (χ1n) is 7.70. The molecule has 1 aromatic carbocycles. The summed E-state index contributed by atoms with van der Waals surface area (Å²) in [6.07, 6.45) is 4.74. The summed E-state index contributed by atoms with van der Waals surface area (Å²) in [7, 11) is 0. The fraction of sp³-hybridized carbons (Fsp3) is 0.529. The number of hydrogen-bond acceptors (Lipinski definition) is 2. The number of nitrogens with one attached hydrogen (secondary N) is 2. The molecule has 0 bridgehead atoms. The van der Waals surface area contributed by atoms with Gasteiger partial charge in [0.25, 0.3) is 0 Å². The summed E-state index contributed by atoms with van der Waals surface area (Å²) in [6.45, 7) is 5.57. The standard InChI is InChI=1S/C17H24N2O2/c1-11(2)18-16(20)17(21)19-12(3)14-9-8-13-6-4-5-7-15(13)10-14/h8-12H,4-7H2,1-3H3,(H,18,20)(H,19,21). The van der Waals surface area contributed by atoms with Crippen molar-refractivity contribution < 1.29 is 9.59 Å². The van der Waals surface area contributed by atoms with Gasteiger partial charge in [-0.2, -0.15) is 0 Å². The molecule has 2 rings (SSSR count). The van der Waals surface area contributed by atoms with Gasteiger partial charge >= 0.3 is 11.8 Å². The molecular weight excluding hydrogens is 264 g/mol. The smallest absolute Gasteiger partial charge is 0.309 e. The van der Waals surface area contributed by atoms with E-state index in [9.17, 15) is 9.59 Å². The molecule has 2 amide bonds. The van der Waals surface area contributed by atoms with Gasteiger partial charge in [-0.15, -0.1) is 0 Å². The molecule has 0 fully saturated rings. The summed E-state index contributed by atoms with van der Waals surface area (Å²) in [4.78, 5) is 23.5. The second-order valence-electron chi connectivity index (χ2n) is 6.06. The Morgan fingerprint density at radius 3 is 2.24 bits per heavy atom. The van der Waals surface area contributed by atoms with Crippen LogP contribution >= 0.6 is 0 Å². The average molecular weight is 288 g/mol. The number of carbonyl (C=O) groups excluding carboxylic acids is 2. The van der Waals surface area contributed by atoms with Gasteiger partial charge in [0.2, 0.25) is 0 Å². The number of amides is 2. The number of fused-ring (bicyclic) bond motifs is 1. The van der Waals surface area contributed by atoms with Gasteiger partial charge in [-0.3, -0.25) is 9.59 Å². The van der Waals surface area contributed by atoms with Crippen molar-refractivity contribution in [2.45, 2.75) is 58.5 Å². The molecule has 4 heteroatoms. The molecule has 0 aromatic heterocycles. The van der Waals surface area contributed by atoms with E-state index in [4.69, 9.17) is 0 Å². The van der Waals surface area contributed by atoms with E-state index in [1.807, 2.05) is 20.8 Å². The molecule has 114 valence electrons. The first-order valence-corrected chi connectivity index (χ1v) is 7.70. The summed E-state index contributed by atoms with van der Waals surface area (Å²) in [5.41, 5.74) is 3.86. The lowest BCUT2D eigenvalue weighted by molar-refractivity contribution is -0.139. The molecule has 4 nitrogen and oxygen atoms in total. The van der Waals surface area contributed by atoms with Gasteiger partial charge in [0.05, 0.1) is 6.04 Å². The molecule has 1 aliphatic carbocycles. The minimum absolute atomic E-state index is 0.0395. The normalized spacial score (nSPS) is 15.2. The van der Waals surface area contributed by atoms with Crippen LogP contribution in [-0.4, -0.2) is 17.9 Å². The Kier molecular flexibility index (Phi) is 4.99. The molecule has 21 heavy (non-hydrogen) atoms. The van der Waals surface area contributed by atoms with Crippen molar-refractivity contribution in [1.82, 2.24) is 10.6 Å². The highest BCUT2D eigenvalue weighted by Crippen LogP contribution is 2.24. The fourth-order valence-corrected chi connectivity index (χ4v) is 2.70. The molecule has 1 aliphatic rings. The number of carbonyl (C=O) groups is 2. The lowest BCUT2D eigenvalue weighted by atomic mass is 9.89. The number of aryl methyl sites for hydroxylation is 2. The molecule has 0 spiro atoms. The molecule has 1 unspecified atom stereocenters. The Morgan fingerprint density at radius 1 is 0.952 bits per heavy atom. The van der Waals surface area contributed by atoms with Crippen molar-refractivity contribution in [2.24, 2.45) is 0 Å². The Morgan fingerprint density at radius 2 is 1.57 bits per heavy atom. The van der Waals surface area contributed by atoms with Crippen LogP contribution in [0.15, 0.2) is 18.2 Å². The van der Waals surface area contributed by atoms with E-state index < -0.39 is 11.8 Å². The number of hydrogen-bond donors (Lipinski definition) is 2. The lowest BCUT2D eigenvalue weighted by Gasteiger charge is -2.20. The van der Waals surface area contributed by atoms with Gasteiger partial charge in [0.1, 0.15) is 0 Å². The second kappa shape index (κ2) is 6.74. The summed E-state index contributed by atoms with van der Waals surface area (Å²) in [6, 6.07) is 6.17. The van der Waals surface area contributed by atoms with Gasteiger partial charge in [-0.1, -0.05) is 18.2 Å². The summed E-state index contributed by atoms with van der Waals surface area (Å²) in [5, 5.41) is 5.36. The van der Waals surface area contributed by atoms with Gasteiger partial charge in [-0.05, 0) is 63.1 Å². The van der Waals surface area contributed by atoms with E-state index in [0.29, 0.717) is 0 Å². The zero-order valence-electron chi connectivity index (χ0n) is 13.0. The maximum absolute atomic E-state index is 11.8. The average Bonchev–Trinajstić information content (AvgIpc) is 2.45. The van der Waals surface area contributed by atoms with Crippen LogP contribution < -0.4 is 10.6 Å². The Hall–Kier alpha value is -1.84. The van der Waals surface area contributed by atoms with Crippen LogP contribution in [-0.2, 0) is 22.4 Å². The van der Waals surface area contributed by atoms with Crippen LogP contribution in [0.25, 0.3) is 0 Å². The van der Waals surface area contributed by atoms with Crippen LogP contribution in [0.4, 0.5) is 0 Å². The molecular formula is C17H24N2O2. The van der Waals surface area contributed by atoms with Crippen molar-refractivity contribution in [3.63, 3.8) is 0 Å². The monoisotopic (exact) mass is 288 g/mol. The highest BCUT2D eigenvalue weighted by molar-refractivity contribution is 6.35. The first-order chi connectivity index (χ1) is 9.97. The predicted molar refractivity (Wildman–Crippen MR) is 82.9 cm³/mol. The summed E-state index contributed by atoms with van der Waals surface area (Å²) in [5.74, 6) is -1.15. The fourth-order valence-electron chi connectivity index (χ4n) is 2.70. The maximum atomic E-state index is 11.8. The molecule has 1 aromatic rings. The lowest BCUT2D eigenvalue weighted by Crippen LogP contribution is -2.43. The van der Waals surface area contributed by atoms with Crippen molar-refractivity contribution in [3.05, 3.63) is 34.9 Å². The van der Waals surface area contributed by atoms with E-state index in [0.717, 1.165) is 18.4 Å². The van der Waals surface area contributed by atoms with Crippen molar-refractivity contribution in [1.29, 1.82) is 0 Å². The minimum Gasteiger partial charge on any atom is -0.346 e. The Bertz CT molecular complexity index is 538. The molecule has 0 saturated heterocycles. The largest absolute Gasteiger partial charge is 0.346 e. The molecule has 0 heterocycles. The van der Waals surface area contributed by atoms with E-state index >= 15 is 0 Å². The highest BCUT2D eigenvalue weighted by atomic mass is 16.2. The molecule has 1 atom stereocenters. The molecule has 0 saturated carbocycles. The van der Waals surface area contributed by atoms with E-state index in [1.165, 1.54) is 24.0 Å². The summed E-state index contributed by atoms with van der Waals surface area (Å²) >= 11 is 0.